The molecule has 2 aromatic rings. The average Bonchev–Trinajstić information content (AvgIpc) is 2.70. The number of thioether (sulfide) groups is 2. The van der Waals surface area contributed by atoms with Crippen LogP contribution in [0, 0.1) is 6.92 Å². The molecule has 27 heavy (non-hydrogen) atoms. The molecule has 0 radical (unpaired) electrons. The zero-order valence-corrected chi connectivity index (χ0v) is 18.1. The van der Waals surface area contributed by atoms with Crippen LogP contribution in [-0.2, 0) is 0 Å². The number of pyridine rings is 1. The lowest BCUT2D eigenvalue weighted by atomic mass is 10.1. The molecule has 0 bridgehead atoms. The first-order valence-corrected chi connectivity index (χ1v) is 10.4. The van der Waals surface area contributed by atoms with Crippen LogP contribution < -0.4 is 10.6 Å². The number of carbonyl (C=O) groups is 1. The Labute approximate surface area is 170 Å². The number of aryl methyl sites for hydroxylation is 1. The lowest BCUT2D eigenvalue weighted by molar-refractivity contribution is 0.0962. The molecular formula is C21H27N3OS2. The predicted molar refractivity (Wildman–Crippen MR) is 120 cm³/mol. The van der Waals surface area contributed by atoms with Crippen molar-refractivity contribution in [2.75, 3.05) is 12.4 Å². The number of rotatable bonds is 7. The van der Waals surface area contributed by atoms with Crippen LogP contribution in [0.25, 0.3) is 0 Å². The number of amides is 1. The van der Waals surface area contributed by atoms with Crippen LogP contribution in [0.2, 0.25) is 0 Å². The van der Waals surface area contributed by atoms with Crippen LogP contribution in [0.4, 0.5) is 5.82 Å². The lowest BCUT2D eigenvalue weighted by Gasteiger charge is -2.12. The number of hydrogen-bond acceptors (Lipinski definition) is 5. The van der Waals surface area contributed by atoms with Crippen molar-refractivity contribution in [1.82, 2.24) is 10.3 Å². The minimum Gasteiger partial charge on any atom is -0.355 e. The first-order valence-electron chi connectivity index (χ1n) is 8.75. The largest absolute Gasteiger partial charge is 0.355 e. The summed E-state index contributed by atoms with van der Waals surface area (Å²) in [6, 6.07) is 11.6. The van der Waals surface area contributed by atoms with Gasteiger partial charge in [0, 0.05) is 27.9 Å². The zero-order valence-electron chi connectivity index (χ0n) is 16.5. The number of benzene rings is 1. The summed E-state index contributed by atoms with van der Waals surface area (Å²) in [6.07, 6.45) is 3.76. The number of aromatic nitrogens is 1. The standard InChI is InChI=1S/C19H21N3OS2.C2H6/c1-5-18(24-14(3)22-17-8-6-7-11-21-17)25-15-10-9-13(2)16(12-15)19(23)20-4;1-2/h5-12H,3H2,1-2,4H3,(H,20,23)(H,21,22);1-2H3/b18-5+;. The number of allylic oxidation sites excluding steroid dienone is 1. The van der Waals surface area contributed by atoms with Gasteiger partial charge in [-0.15, -0.1) is 0 Å². The highest BCUT2D eigenvalue weighted by atomic mass is 32.2. The second-order valence-electron chi connectivity index (χ2n) is 5.13. The molecule has 0 atom stereocenters. The van der Waals surface area contributed by atoms with E-state index in [0.29, 0.717) is 5.56 Å². The third kappa shape index (κ3) is 7.53. The van der Waals surface area contributed by atoms with Crippen LogP contribution in [0.3, 0.4) is 0 Å². The van der Waals surface area contributed by atoms with Crippen molar-refractivity contribution in [2.24, 2.45) is 0 Å². The Morgan fingerprint density at radius 1 is 1.22 bits per heavy atom. The fraction of sp³-hybridized carbons (Fsp3) is 0.238. The van der Waals surface area contributed by atoms with Crippen molar-refractivity contribution in [3.8, 4) is 0 Å². The van der Waals surface area contributed by atoms with Crippen LogP contribution in [-0.4, -0.2) is 17.9 Å². The number of nitrogens with one attached hydrogen (secondary N) is 2. The molecule has 1 amide bonds. The Kier molecular flexibility index (Phi) is 10.4. The molecule has 144 valence electrons. The van der Waals surface area contributed by atoms with E-state index in [1.165, 1.54) is 11.8 Å². The van der Waals surface area contributed by atoms with Crippen molar-refractivity contribution in [3.63, 3.8) is 0 Å². The normalized spacial score (nSPS) is 10.5. The third-order valence-corrected chi connectivity index (χ3v) is 5.50. The fourth-order valence-electron chi connectivity index (χ4n) is 2.03. The molecule has 1 aromatic heterocycles. The maximum Gasteiger partial charge on any atom is 0.251 e. The van der Waals surface area contributed by atoms with E-state index in [-0.39, 0.29) is 5.91 Å². The maximum atomic E-state index is 12.0. The smallest absolute Gasteiger partial charge is 0.251 e. The van der Waals surface area contributed by atoms with Crippen LogP contribution in [0.1, 0.15) is 36.7 Å². The quantitative estimate of drug-likeness (QED) is 0.554. The van der Waals surface area contributed by atoms with E-state index in [1.807, 2.05) is 70.2 Å². The van der Waals surface area contributed by atoms with Crippen LogP contribution in [0.15, 0.2) is 69.4 Å². The van der Waals surface area contributed by atoms with Gasteiger partial charge in [0.2, 0.25) is 0 Å². The molecule has 1 heterocycles. The summed E-state index contributed by atoms with van der Waals surface area (Å²) < 4.78 is 1.07. The Balaban J connectivity index is 0.00000176. The van der Waals surface area contributed by atoms with E-state index in [0.717, 1.165) is 25.5 Å². The Bertz CT molecular complexity index is 789. The molecular weight excluding hydrogens is 374 g/mol. The van der Waals surface area contributed by atoms with Gasteiger partial charge in [-0.2, -0.15) is 0 Å². The topological polar surface area (TPSA) is 54.0 Å². The van der Waals surface area contributed by atoms with Gasteiger partial charge in [-0.25, -0.2) is 4.98 Å². The molecule has 6 heteroatoms. The summed E-state index contributed by atoms with van der Waals surface area (Å²) in [5.74, 6) is 0.688. The van der Waals surface area contributed by atoms with E-state index < -0.39 is 0 Å². The van der Waals surface area contributed by atoms with E-state index in [4.69, 9.17) is 0 Å². The summed E-state index contributed by atoms with van der Waals surface area (Å²) in [4.78, 5) is 17.2. The molecule has 0 fully saturated rings. The van der Waals surface area contributed by atoms with Crippen molar-refractivity contribution in [1.29, 1.82) is 0 Å². The molecule has 0 aliphatic heterocycles. The minimum atomic E-state index is -0.0733. The first kappa shape index (κ1) is 22.9. The SMILES string of the molecule is C=C(Nc1ccccn1)S/C(=C\C)Sc1ccc(C)c(C(=O)NC)c1.CC. The van der Waals surface area contributed by atoms with Gasteiger partial charge in [-0.05, 0) is 43.7 Å². The van der Waals surface area contributed by atoms with E-state index in [9.17, 15) is 4.79 Å². The van der Waals surface area contributed by atoms with Gasteiger partial charge in [0.1, 0.15) is 5.82 Å². The van der Waals surface area contributed by atoms with Crippen LogP contribution >= 0.6 is 23.5 Å². The van der Waals surface area contributed by atoms with Gasteiger partial charge < -0.3 is 10.6 Å². The number of anilines is 1. The summed E-state index contributed by atoms with van der Waals surface area (Å²) in [5.41, 5.74) is 1.65. The van der Waals surface area contributed by atoms with Gasteiger partial charge in [0.25, 0.3) is 5.91 Å². The van der Waals surface area contributed by atoms with E-state index in [2.05, 4.69) is 22.2 Å². The second-order valence-corrected chi connectivity index (χ2v) is 7.64. The molecule has 0 spiro atoms. The summed E-state index contributed by atoms with van der Waals surface area (Å²) >= 11 is 3.14. The van der Waals surface area contributed by atoms with Gasteiger partial charge in [0.05, 0.1) is 5.03 Å². The average molecular weight is 402 g/mol. The molecule has 2 N–H and O–H groups in total. The van der Waals surface area contributed by atoms with Crippen molar-refractivity contribution in [3.05, 3.63) is 75.6 Å². The van der Waals surface area contributed by atoms with Crippen molar-refractivity contribution in [2.45, 2.75) is 32.6 Å². The number of hydrogen-bond donors (Lipinski definition) is 2. The molecule has 4 nitrogen and oxygen atoms in total. The van der Waals surface area contributed by atoms with Crippen molar-refractivity contribution < 1.29 is 4.79 Å². The minimum absolute atomic E-state index is 0.0733. The monoisotopic (exact) mass is 401 g/mol. The molecule has 0 saturated heterocycles. The summed E-state index contributed by atoms with van der Waals surface area (Å²) in [6.45, 7) is 12.0. The second kappa shape index (κ2) is 12.3. The maximum absolute atomic E-state index is 12.0. The van der Waals surface area contributed by atoms with E-state index in [1.54, 1.807) is 25.0 Å². The highest BCUT2D eigenvalue weighted by Gasteiger charge is 2.10. The third-order valence-electron chi connectivity index (χ3n) is 3.29. The molecule has 0 unspecified atom stereocenters. The highest BCUT2D eigenvalue weighted by molar-refractivity contribution is 8.24. The fourth-order valence-corrected chi connectivity index (χ4v) is 3.96. The molecule has 1 aromatic carbocycles. The Hall–Kier alpha value is -2.18. The first-order chi connectivity index (χ1) is 13.0. The zero-order chi connectivity index (χ0) is 20.2. The van der Waals surface area contributed by atoms with Crippen molar-refractivity contribution >= 4 is 35.2 Å². The molecule has 0 aliphatic rings. The number of carbonyl (C=O) groups excluding carboxylic acids is 1. The predicted octanol–water partition coefficient (Wildman–Crippen LogP) is 6.05. The van der Waals surface area contributed by atoms with Gasteiger partial charge in [0.15, 0.2) is 0 Å². The Morgan fingerprint density at radius 2 is 1.96 bits per heavy atom. The molecule has 0 aliphatic carbocycles. The van der Waals surface area contributed by atoms with E-state index >= 15 is 0 Å². The van der Waals surface area contributed by atoms with Crippen LogP contribution in [0.5, 0.6) is 0 Å². The summed E-state index contributed by atoms with van der Waals surface area (Å²) in [5, 5.41) is 6.65. The lowest BCUT2D eigenvalue weighted by Crippen LogP contribution is -2.18. The van der Waals surface area contributed by atoms with Gasteiger partial charge >= 0.3 is 0 Å². The van der Waals surface area contributed by atoms with Gasteiger partial charge in [-0.3, -0.25) is 4.79 Å². The Morgan fingerprint density at radius 3 is 2.56 bits per heavy atom. The van der Waals surface area contributed by atoms with Gasteiger partial charge in [-0.1, -0.05) is 62.2 Å². The summed E-state index contributed by atoms with van der Waals surface area (Å²) in [7, 11) is 1.64. The molecule has 2 rings (SSSR count). The molecule has 0 saturated carbocycles. The number of nitrogens with zero attached hydrogens (tertiary/aromatic N) is 1. The highest BCUT2D eigenvalue weighted by Crippen LogP contribution is 2.38.